The lowest BCUT2D eigenvalue weighted by Gasteiger charge is -2.18. The summed E-state index contributed by atoms with van der Waals surface area (Å²) in [6.07, 6.45) is 0. The van der Waals surface area contributed by atoms with Crippen LogP contribution in [0.4, 0.5) is 4.39 Å². The molecule has 0 saturated carbocycles. The van der Waals surface area contributed by atoms with E-state index in [4.69, 9.17) is 11.6 Å². The minimum absolute atomic E-state index is 0.0775. The molecule has 1 aliphatic rings. The monoisotopic (exact) mass is 328 g/mol. The highest BCUT2D eigenvalue weighted by Crippen LogP contribution is 2.37. The second-order valence-electron chi connectivity index (χ2n) is 5.74. The molecule has 23 heavy (non-hydrogen) atoms. The van der Waals surface area contributed by atoms with Crippen molar-refractivity contribution in [1.29, 1.82) is 0 Å². The average Bonchev–Trinajstić information content (AvgIpc) is 2.81. The Balaban J connectivity index is 2.13. The summed E-state index contributed by atoms with van der Waals surface area (Å²) in [4.78, 5) is 12.2. The van der Waals surface area contributed by atoms with E-state index in [1.807, 2.05) is 29.7 Å². The van der Waals surface area contributed by atoms with Crippen molar-refractivity contribution in [2.45, 2.75) is 13.5 Å². The SMILES string of the molecule is Cc1c2n(c3c(-c4cccc(F)c4)cc(Cl)cc13)CCNC2=O. The van der Waals surface area contributed by atoms with Crippen molar-refractivity contribution in [3.8, 4) is 11.1 Å². The first-order valence-corrected chi connectivity index (χ1v) is 7.80. The van der Waals surface area contributed by atoms with E-state index in [9.17, 15) is 9.18 Å². The summed E-state index contributed by atoms with van der Waals surface area (Å²) < 4.78 is 15.7. The fourth-order valence-electron chi connectivity index (χ4n) is 3.38. The van der Waals surface area contributed by atoms with Gasteiger partial charge in [0.25, 0.3) is 5.91 Å². The lowest BCUT2D eigenvalue weighted by atomic mass is 10.0. The molecule has 4 rings (SSSR count). The first-order chi connectivity index (χ1) is 11.1. The van der Waals surface area contributed by atoms with Crippen LogP contribution in [0.1, 0.15) is 16.1 Å². The van der Waals surface area contributed by atoms with Gasteiger partial charge in [-0.15, -0.1) is 0 Å². The zero-order valence-corrected chi connectivity index (χ0v) is 13.2. The highest BCUT2D eigenvalue weighted by molar-refractivity contribution is 6.32. The molecule has 2 heterocycles. The minimum Gasteiger partial charge on any atom is -0.349 e. The second-order valence-corrected chi connectivity index (χ2v) is 6.18. The molecule has 0 saturated heterocycles. The average molecular weight is 329 g/mol. The van der Waals surface area contributed by atoms with E-state index < -0.39 is 0 Å². The Morgan fingerprint density at radius 3 is 2.87 bits per heavy atom. The molecule has 116 valence electrons. The third-order valence-corrected chi connectivity index (χ3v) is 4.56. The molecule has 5 heteroatoms. The number of aromatic nitrogens is 1. The molecule has 0 unspecified atom stereocenters. The molecular weight excluding hydrogens is 315 g/mol. The number of fused-ring (bicyclic) bond motifs is 3. The fraction of sp³-hybridized carbons (Fsp3) is 0.167. The number of hydrogen-bond acceptors (Lipinski definition) is 1. The molecule has 1 aromatic heterocycles. The van der Waals surface area contributed by atoms with Gasteiger partial charge in [0.1, 0.15) is 11.5 Å². The number of carbonyl (C=O) groups is 1. The van der Waals surface area contributed by atoms with Crippen LogP contribution in [0.2, 0.25) is 5.02 Å². The van der Waals surface area contributed by atoms with Gasteiger partial charge < -0.3 is 9.88 Å². The maximum absolute atomic E-state index is 13.7. The van der Waals surface area contributed by atoms with Gasteiger partial charge in [0, 0.05) is 29.1 Å². The number of nitrogens with zero attached hydrogens (tertiary/aromatic N) is 1. The molecule has 0 bridgehead atoms. The van der Waals surface area contributed by atoms with Crippen LogP contribution < -0.4 is 5.32 Å². The van der Waals surface area contributed by atoms with Crippen LogP contribution in [-0.2, 0) is 6.54 Å². The van der Waals surface area contributed by atoms with Crippen molar-refractivity contribution in [1.82, 2.24) is 9.88 Å². The minimum atomic E-state index is -0.296. The van der Waals surface area contributed by atoms with Crippen LogP contribution in [0.25, 0.3) is 22.0 Å². The molecule has 3 aromatic rings. The first kappa shape index (κ1) is 14.3. The van der Waals surface area contributed by atoms with E-state index in [1.54, 1.807) is 6.07 Å². The third-order valence-electron chi connectivity index (χ3n) is 4.35. The Bertz CT molecular complexity index is 961. The standard InChI is InChI=1S/C18H14ClFN2O/c1-10-14-8-12(19)9-15(11-3-2-4-13(20)7-11)17(14)22-6-5-21-18(23)16(10)22/h2-4,7-9H,5-6H2,1H3,(H,21,23). The largest absolute Gasteiger partial charge is 0.349 e. The van der Waals surface area contributed by atoms with Gasteiger partial charge in [-0.1, -0.05) is 23.7 Å². The summed E-state index contributed by atoms with van der Waals surface area (Å²) in [5.74, 6) is -0.373. The van der Waals surface area contributed by atoms with E-state index in [1.165, 1.54) is 12.1 Å². The molecular formula is C18H14ClFN2O. The van der Waals surface area contributed by atoms with Gasteiger partial charge in [-0.25, -0.2) is 4.39 Å². The molecule has 1 amide bonds. The van der Waals surface area contributed by atoms with Gasteiger partial charge in [-0.2, -0.15) is 0 Å². The van der Waals surface area contributed by atoms with E-state index in [2.05, 4.69) is 5.32 Å². The van der Waals surface area contributed by atoms with E-state index >= 15 is 0 Å². The molecule has 0 spiro atoms. The smallest absolute Gasteiger partial charge is 0.268 e. The van der Waals surface area contributed by atoms with Crippen LogP contribution in [0.15, 0.2) is 36.4 Å². The summed E-state index contributed by atoms with van der Waals surface area (Å²) in [6, 6.07) is 10.1. The lowest BCUT2D eigenvalue weighted by molar-refractivity contribution is 0.0928. The number of benzene rings is 2. The van der Waals surface area contributed by atoms with Crippen LogP contribution >= 0.6 is 11.6 Å². The lowest BCUT2D eigenvalue weighted by Crippen LogP contribution is -2.35. The molecule has 1 N–H and O–H groups in total. The van der Waals surface area contributed by atoms with Crippen LogP contribution in [0, 0.1) is 12.7 Å². The van der Waals surface area contributed by atoms with Gasteiger partial charge in [0.2, 0.25) is 0 Å². The van der Waals surface area contributed by atoms with Gasteiger partial charge >= 0.3 is 0 Å². The van der Waals surface area contributed by atoms with Crippen LogP contribution in [0.5, 0.6) is 0 Å². The maximum Gasteiger partial charge on any atom is 0.268 e. The Morgan fingerprint density at radius 1 is 1.26 bits per heavy atom. The molecule has 0 radical (unpaired) electrons. The summed E-state index contributed by atoms with van der Waals surface area (Å²) >= 11 is 6.28. The van der Waals surface area contributed by atoms with Crippen molar-refractivity contribution in [2.75, 3.05) is 6.54 Å². The van der Waals surface area contributed by atoms with Gasteiger partial charge in [-0.3, -0.25) is 4.79 Å². The number of nitrogens with one attached hydrogen (secondary N) is 1. The number of hydrogen-bond donors (Lipinski definition) is 1. The number of rotatable bonds is 1. The highest BCUT2D eigenvalue weighted by Gasteiger charge is 2.25. The Morgan fingerprint density at radius 2 is 2.09 bits per heavy atom. The predicted octanol–water partition coefficient (Wildman–Crippen LogP) is 4.15. The van der Waals surface area contributed by atoms with E-state index in [-0.39, 0.29) is 11.7 Å². The van der Waals surface area contributed by atoms with Gasteiger partial charge in [0.15, 0.2) is 0 Å². The van der Waals surface area contributed by atoms with E-state index in [0.717, 1.165) is 27.6 Å². The summed E-state index contributed by atoms with van der Waals surface area (Å²) in [5.41, 5.74) is 4.09. The maximum atomic E-state index is 13.7. The van der Waals surface area contributed by atoms with Gasteiger partial charge in [-0.05, 0) is 42.3 Å². The Hall–Kier alpha value is -2.33. The van der Waals surface area contributed by atoms with Crippen molar-refractivity contribution < 1.29 is 9.18 Å². The summed E-state index contributed by atoms with van der Waals surface area (Å²) in [7, 11) is 0. The second kappa shape index (κ2) is 5.10. The highest BCUT2D eigenvalue weighted by atomic mass is 35.5. The van der Waals surface area contributed by atoms with Crippen molar-refractivity contribution in [3.63, 3.8) is 0 Å². The molecule has 0 fully saturated rings. The quantitative estimate of drug-likeness (QED) is 0.715. The first-order valence-electron chi connectivity index (χ1n) is 7.43. The third kappa shape index (κ3) is 2.13. The van der Waals surface area contributed by atoms with E-state index in [0.29, 0.717) is 23.8 Å². The normalized spacial score (nSPS) is 14.0. The number of aryl methyl sites for hydroxylation is 1. The predicted molar refractivity (Wildman–Crippen MR) is 89.4 cm³/mol. The summed E-state index contributed by atoms with van der Waals surface area (Å²) in [5, 5.41) is 4.38. The van der Waals surface area contributed by atoms with Crippen molar-refractivity contribution in [3.05, 3.63) is 58.5 Å². The zero-order chi connectivity index (χ0) is 16.1. The van der Waals surface area contributed by atoms with Crippen LogP contribution in [0.3, 0.4) is 0 Å². The van der Waals surface area contributed by atoms with Crippen molar-refractivity contribution in [2.24, 2.45) is 0 Å². The molecule has 1 aliphatic heterocycles. The molecule has 2 aromatic carbocycles. The van der Waals surface area contributed by atoms with Crippen molar-refractivity contribution >= 4 is 28.4 Å². The van der Waals surface area contributed by atoms with Gasteiger partial charge in [0.05, 0.1) is 5.52 Å². The van der Waals surface area contributed by atoms with Crippen LogP contribution in [-0.4, -0.2) is 17.0 Å². The molecule has 3 nitrogen and oxygen atoms in total. The number of carbonyl (C=O) groups excluding carboxylic acids is 1. The zero-order valence-electron chi connectivity index (χ0n) is 12.5. The summed E-state index contributed by atoms with van der Waals surface area (Å²) in [6.45, 7) is 3.19. The Kier molecular flexibility index (Phi) is 3.16. The fourth-order valence-corrected chi connectivity index (χ4v) is 3.59. The molecule has 0 atom stereocenters. The molecule has 0 aliphatic carbocycles. The Labute approximate surface area is 137 Å². The number of halogens is 2. The number of amides is 1. The topological polar surface area (TPSA) is 34.0 Å².